The van der Waals surface area contributed by atoms with Crippen LogP contribution < -0.4 is 0 Å². The van der Waals surface area contributed by atoms with Gasteiger partial charge in [0.25, 0.3) is 5.91 Å². The van der Waals surface area contributed by atoms with Crippen LogP contribution in [0.4, 0.5) is 0 Å². The highest BCUT2D eigenvalue weighted by Crippen LogP contribution is 2.39. The standard InChI is InChI=1S/C20H27N3O5/c1-2-17(24)21-11-7-20(8-12-21)23(19(26)16-6-5-13-27-16)15(14-28-20)18(25)22-9-3-4-10-22/h5-6,13,15H,2-4,7-12,14H2,1H3/t15-/m0/s1. The SMILES string of the molecule is CCC(=O)N1CCC2(CC1)OC[C@@H](C(=O)N1CCCC1)N2C(=O)c1ccco1. The topological polar surface area (TPSA) is 83.3 Å². The molecule has 0 saturated carbocycles. The Morgan fingerprint density at radius 3 is 2.43 bits per heavy atom. The van der Waals surface area contributed by atoms with Gasteiger partial charge in [0.15, 0.2) is 5.76 Å². The molecule has 3 saturated heterocycles. The fourth-order valence-electron chi connectivity index (χ4n) is 4.55. The quantitative estimate of drug-likeness (QED) is 0.782. The minimum atomic E-state index is -0.867. The summed E-state index contributed by atoms with van der Waals surface area (Å²) < 4.78 is 11.5. The average Bonchev–Trinajstić information content (AvgIpc) is 3.48. The molecule has 3 amide bonds. The number of carbonyl (C=O) groups excluding carboxylic acids is 3. The van der Waals surface area contributed by atoms with Crippen LogP contribution in [0.15, 0.2) is 22.8 Å². The molecule has 152 valence electrons. The molecule has 0 N–H and O–H groups in total. The van der Waals surface area contributed by atoms with Crippen molar-refractivity contribution in [2.75, 3.05) is 32.8 Å². The third-order valence-corrected chi connectivity index (χ3v) is 6.11. The number of hydrogen-bond donors (Lipinski definition) is 0. The van der Waals surface area contributed by atoms with Crippen molar-refractivity contribution in [2.24, 2.45) is 0 Å². The molecule has 0 aliphatic carbocycles. The van der Waals surface area contributed by atoms with Crippen LogP contribution >= 0.6 is 0 Å². The van der Waals surface area contributed by atoms with Crippen molar-refractivity contribution in [1.82, 2.24) is 14.7 Å². The molecule has 0 bridgehead atoms. The molecule has 28 heavy (non-hydrogen) atoms. The Kier molecular flexibility index (Phi) is 5.14. The number of hydrogen-bond acceptors (Lipinski definition) is 5. The van der Waals surface area contributed by atoms with Gasteiger partial charge in [-0.3, -0.25) is 19.3 Å². The van der Waals surface area contributed by atoms with E-state index in [1.807, 2.05) is 11.8 Å². The largest absolute Gasteiger partial charge is 0.459 e. The molecule has 0 radical (unpaired) electrons. The van der Waals surface area contributed by atoms with Gasteiger partial charge in [0, 0.05) is 45.4 Å². The maximum atomic E-state index is 13.3. The minimum absolute atomic E-state index is 0.0543. The van der Waals surface area contributed by atoms with E-state index < -0.39 is 11.8 Å². The van der Waals surface area contributed by atoms with Crippen LogP contribution in [-0.2, 0) is 14.3 Å². The lowest BCUT2D eigenvalue weighted by Crippen LogP contribution is -2.60. The van der Waals surface area contributed by atoms with E-state index in [4.69, 9.17) is 9.15 Å². The monoisotopic (exact) mass is 389 g/mol. The van der Waals surface area contributed by atoms with Gasteiger partial charge in [-0.1, -0.05) is 6.92 Å². The van der Waals surface area contributed by atoms with E-state index in [1.54, 1.807) is 21.9 Å². The van der Waals surface area contributed by atoms with Gasteiger partial charge in [0.05, 0.1) is 12.9 Å². The Morgan fingerprint density at radius 2 is 1.82 bits per heavy atom. The Morgan fingerprint density at radius 1 is 1.11 bits per heavy atom. The van der Waals surface area contributed by atoms with Crippen molar-refractivity contribution in [2.45, 2.75) is 50.8 Å². The lowest BCUT2D eigenvalue weighted by molar-refractivity contribution is -0.145. The van der Waals surface area contributed by atoms with Gasteiger partial charge in [-0.25, -0.2) is 0 Å². The summed E-state index contributed by atoms with van der Waals surface area (Å²) >= 11 is 0. The van der Waals surface area contributed by atoms with Gasteiger partial charge in [-0.2, -0.15) is 0 Å². The van der Waals surface area contributed by atoms with Gasteiger partial charge in [0.2, 0.25) is 11.8 Å². The van der Waals surface area contributed by atoms with E-state index in [2.05, 4.69) is 0 Å². The van der Waals surface area contributed by atoms with Crippen LogP contribution in [-0.4, -0.2) is 77.0 Å². The smallest absolute Gasteiger partial charge is 0.292 e. The molecule has 4 rings (SSSR count). The van der Waals surface area contributed by atoms with Gasteiger partial charge in [-0.15, -0.1) is 0 Å². The number of rotatable bonds is 3. The molecule has 8 nitrogen and oxygen atoms in total. The van der Waals surface area contributed by atoms with E-state index >= 15 is 0 Å². The average molecular weight is 389 g/mol. The summed E-state index contributed by atoms with van der Waals surface area (Å²) in [7, 11) is 0. The molecule has 1 atom stereocenters. The third kappa shape index (κ3) is 3.19. The molecule has 3 aliphatic rings. The first kappa shape index (κ1) is 19.0. The summed E-state index contributed by atoms with van der Waals surface area (Å²) in [6, 6.07) is 2.63. The Hall–Kier alpha value is -2.35. The van der Waals surface area contributed by atoms with Crippen molar-refractivity contribution < 1.29 is 23.5 Å². The maximum Gasteiger partial charge on any atom is 0.292 e. The van der Waals surface area contributed by atoms with Crippen LogP contribution in [0.2, 0.25) is 0 Å². The summed E-state index contributed by atoms with van der Waals surface area (Å²) in [5.41, 5.74) is -0.867. The molecule has 1 aromatic rings. The fourth-order valence-corrected chi connectivity index (χ4v) is 4.55. The molecule has 8 heteroatoms. The highest BCUT2D eigenvalue weighted by Gasteiger charge is 2.55. The van der Waals surface area contributed by atoms with E-state index in [9.17, 15) is 14.4 Å². The predicted octanol–water partition coefficient (Wildman–Crippen LogP) is 1.47. The first-order valence-corrected chi connectivity index (χ1v) is 10.1. The fraction of sp³-hybridized carbons (Fsp3) is 0.650. The zero-order chi connectivity index (χ0) is 19.7. The molecule has 3 aliphatic heterocycles. The summed E-state index contributed by atoms with van der Waals surface area (Å²) in [4.78, 5) is 43.7. The Labute approximate surface area is 164 Å². The molecular weight excluding hydrogens is 362 g/mol. The van der Waals surface area contributed by atoms with Gasteiger partial charge >= 0.3 is 0 Å². The lowest BCUT2D eigenvalue weighted by atomic mass is 9.97. The summed E-state index contributed by atoms with van der Waals surface area (Å²) in [5, 5.41) is 0. The number of nitrogens with zero attached hydrogens (tertiary/aromatic N) is 3. The molecule has 1 aromatic heterocycles. The van der Waals surface area contributed by atoms with Crippen molar-refractivity contribution in [1.29, 1.82) is 0 Å². The molecule has 0 unspecified atom stereocenters. The number of amides is 3. The van der Waals surface area contributed by atoms with Crippen LogP contribution in [0.3, 0.4) is 0 Å². The van der Waals surface area contributed by atoms with Crippen LogP contribution in [0.25, 0.3) is 0 Å². The minimum Gasteiger partial charge on any atom is -0.459 e. The van der Waals surface area contributed by atoms with E-state index in [0.717, 1.165) is 25.9 Å². The van der Waals surface area contributed by atoms with Gasteiger partial charge in [0.1, 0.15) is 11.8 Å². The first-order chi connectivity index (χ1) is 13.6. The van der Waals surface area contributed by atoms with Crippen molar-refractivity contribution >= 4 is 17.7 Å². The number of piperidine rings is 1. The predicted molar refractivity (Wildman–Crippen MR) is 99.3 cm³/mol. The second-order valence-corrected chi connectivity index (χ2v) is 7.69. The van der Waals surface area contributed by atoms with Crippen LogP contribution in [0, 0.1) is 0 Å². The molecular formula is C20H27N3O5. The second kappa shape index (κ2) is 7.58. The number of likely N-dealkylation sites (tertiary alicyclic amines) is 2. The highest BCUT2D eigenvalue weighted by molar-refractivity contribution is 5.96. The number of ether oxygens (including phenoxy) is 1. The third-order valence-electron chi connectivity index (χ3n) is 6.11. The van der Waals surface area contributed by atoms with Crippen molar-refractivity contribution in [3.63, 3.8) is 0 Å². The Bertz CT molecular complexity index is 733. The maximum absolute atomic E-state index is 13.3. The summed E-state index contributed by atoms with van der Waals surface area (Å²) in [6.45, 7) is 4.51. The zero-order valence-corrected chi connectivity index (χ0v) is 16.3. The number of carbonyl (C=O) groups is 3. The van der Waals surface area contributed by atoms with Gasteiger partial charge < -0.3 is 19.0 Å². The second-order valence-electron chi connectivity index (χ2n) is 7.69. The molecule has 3 fully saturated rings. The van der Waals surface area contributed by atoms with Crippen LogP contribution in [0.5, 0.6) is 0 Å². The van der Waals surface area contributed by atoms with Crippen LogP contribution in [0.1, 0.15) is 49.6 Å². The van der Waals surface area contributed by atoms with Crippen molar-refractivity contribution in [3.8, 4) is 0 Å². The zero-order valence-electron chi connectivity index (χ0n) is 16.3. The summed E-state index contributed by atoms with van der Waals surface area (Å²) in [6.07, 6.45) is 4.88. The molecule has 0 aromatic carbocycles. The van der Waals surface area contributed by atoms with E-state index in [1.165, 1.54) is 6.26 Å². The molecule has 1 spiro atoms. The summed E-state index contributed by atoms with van der Waals surface area (Å²) in [5.74, 6) is -0.0747. The number of furan rings is 1. The lowest BCUT2D eigenvalue weighted by Gasteiger charge is -2.44. The normalized spacial score (nSPS) is 24.2. The first-order valence-electron chi connectivity index (χ1n) is 10.1. The van der Waals surface area contributed by atoms with E-state index in [-0.39, 0.29) is 30.1 Å². The highest BCUT2D eigenvalue weighted by atomic mass is 16.5. The van der Waals surface area contributed by atoms with Crippen molar-refractivity contribution in [3.05, 3.63) is 24.2 Å². The van der Waals surface area contributed by atoms with E-state index in [0.29, 0.717) is 32.4 Å². The van der Waals surface area contributed by atoms with Gasteiger partial charge in [-0.05, 0) is 25.0 Å². The Balaban J connectivity index is 1.60. The molecule has 4 heterocycles.